The van der Waals surface area contributed by atoms with E-state index in [0.717, 1.165) is 36.0 Å². The molecule has 0 N–H and O–H groups in total. The lowest BCUT2D eigenvalue weighted by Gasteiger charge is -2.22. The predicted octanol–water partition coefficient (Wildman–Crippen LogP) is 2.75. The largest absolute Gasteiger partial charge is 0.378 e. The Morgan fingerprint density at radius 3 is 2.33 bits per heavy atom. The van der Waals surface area contributed by atoms with Gasteiger partial charge in [0.1, 0.15) is 0 Å². The zero-order valence-corrected chi connectivity index (χ0v) is 12.5. The minimum Gasteiger partial charge on any atom is -0.378 e. The smallest absolute Gasteiger partial charge is 0.254 e. The lowest BCUT2D eigenvalue weighted by atomic mass is 10.1. The number of alkyl halides is 1. The van der Waals surface area contributed by atoms with Gasteiger partial charge in [-0.1, -0.05) is 15.9 Å². The number of halogens is 1. The van der Waals surface area contributed by atoms with Crippen molar-refractivity contribution >= 4 is 27.5 Å². The summed E-state index contributed by atoms with van der Waals surface area (Å²) in [6.45, 7) is 0.791. The van der Waals surface area contributed by atoms with Crippen LogP contribution in [0.15, 0.2) is 24.3 Å². The van der Waals surface area contributed by atoms with Gasteiger partial charge in [0, 0.05) is 43.3 Å². The van der Waals surface area contributed by atoms with Gasteiger partial charge in [-0.3, -0.25) is 4.79 Å². The maximum Gasteiger partial charge on any atom is 0.254 e. The number of carbonyl (C=O) groups excluding carboxylic acids is 1. The van der Waals surface area contributed by atoms with Crippen molar-refractivity contribution in [2.75, 3.05) is 30.9 Å². The molecule has 0 saturated heterocycles. The normalized spacial score (nSPS) is 14.4. The first-order valence-corrected chi connectivity index (χ1v) is 7.40. The number of carbonyl (C=O) groups is 1. The summed E-state index contributed by atoms with van der Waals surface area (Å²) in [6.07, 6.45) is 2.29. The molecule has 0 radical (unpaired) electrons. The Morgan fingerprint density at radius 2 is 1.89 bits per heavy atom. The lowest BCUT2D eigenvalue weighted by Crippen LogP contribution is -2.34. The van der Waals surface area contributed by atoms with Gasteiger partial charge in [0.25, 0.3) is 5.91 Å². The van der Waals surface area contributed by atoms with Crippen LogP contribution in [0.2, 0.25) is 0 Å². The minimum atomic E-state index is 0.155. The maximum atomic E-state index is 12.4. The Kier molecular flexibility index (Phi) is 4.27. The molecule has 0 spiro atoms. The fourth-order valence-electron chi connectivity index (χ4n) is 2.00. The van der Waals surface area contributed by atoms with Crippen LogP contribution in [0, 0.1) is 0 Å². The molecular formula is C14H19BrN2O. The highest BCUT2D eigenvalue weighted by Crippen LogP contribution is 2.28. The van der Waals surface area contributed by atoms with Crippen molar-refractivity contribution in [1.29, 1.82) is 0 Å². The third-order valence-corrected chi connectivity index (χ3v) is 3.56. The van der Waals surface area contributed by atoms with Crippen molar-refractivity contribution in [1.82, 2.24) is 4.90 Å². The monoisotopic (exact) mass is 310 g/mol. The standard InChI is InChI=1S/C14H19BrN2O/c1-16(2)12-5-3-11(4-6-12)14(18)17(10-9-15)13-7-8-13/h3-6,13H,7-10H2,1-2H3. The number of nitrogens with zero attached hydrogens (tertiary/aromatic N) is 2. The summed E-state index contributed by atoms with van der Waals surface area (Å²) in [5, 5.41) is 0.838. The molecule has 0 aromatic heterocycles. The molecule has 98 valence electrons. The molecule has 18 heavy (non-hydrogen) atoms. The number of hydrogen-bond acceptors (Lipinski definition) is 2. The highest BCUT2D eigenvalue weighted by atomic mass is 79.9. The molecule has 2 rings (SSSR count). The first-order valence-electron chi connectivity index (χ1n) is 6.28. The number of amides is 1. The number of benzene rings is 1. The average molecular weight is 311 g/mol. The van der Waals surface area contributed by atoms with E-state index in [4.69, 9.17) is 0 Å². The molecule has 0 atom stereocenters. The van der Waals surface area contributed by atoms with E-state index in [1.165, 1.54) is 0 Å². The molecule has 1 amide bonds. The van der Waals surface area contributed by atoms with E-state index in [9.17, 15) is 4.79 Å². The Hall–Kier alpha value is -1.03. The van der Waals surface area contributed by atoms with Gasteiger partial charge in [0.05, 0.1) is 0 Å². The Bertz CT molecular complexity index is 412. The summed E-state index contributed by atoms with van der Waals surface area (Å²) >= 11 is 3.42. The molecule has 0 aliphatic heterocycles. The summed E-state index contributed by atoms with van der Waals surface area (Å²) in [4.78, 5) is 16.4. The molecular weight excluding hydrogens is 292 g/mol. The second kappa shape index (κ2) is 5.74. The summed E-state index contributed by atoms with van der Waals surface area (Å²) in [5.74, 6) is 0.155. The van der Waals surface area contributed by atoms with Crippen LogP contribution in [0.3, 0.4) is 0 Å². The Morgan fingerprint density at radius 1 is 1.28 bits per heavy atom. The van der Waals surface area contributed by atoms with Crippen LogP contribution in [0.4, 0.5) is 5.69 Å². The highest BCUT2D eigenvalue weighted by Gasteiger charge is 2.32. The second-order valence-corrected chi connectivity index (χ2v) is 5.65. The van der Waals surface area contributed by atoms with Crippen LogP contribution < -0.4 is 4.90 Å². The van der Waals surface area contributed by atoms with Gasteiger partial charge in [-0.2, -0.15) is 0 Å². The van der Waals surface area contributed by atoms with E-state index in [1.807, 2.05) is 48.2 Å². The van der Waals surface area contributed by atoms with Crippen molar-refractivity contribution in [3.05, 3.63) is 29.8 Å². The Balaban J connectivity index is 2.11. The molecule has 1 fully saturated rings. The van der Waals surface area contributed by atoms with Crippen LogP contribution in [-0.2, 0) is 0 Å². The van der Waals surface area contributed by atoms with E-state index in [1.54, 1.807) is 0 Å². The molecule has 1 aromatic rings. The van der Waals surface area contributed by atoms with E-state index in [2.05, 4.69) is 15.9 Å². The maximum absolute atomic E-state index is 12.4. The average Bonchev–Trinajstić information content (AvgIpc) is 3.19. The SMILES string of the molecule is CN(C)c1ccc(C(=O)N(CCBr)C2CC2)cc1. The van der Waals surface area contributed by atoms with E-state index >= 15 is 0 Å². The molecule has 1 aromatic carbocycles. The van der Waals surface area contributed by atoms with Crippen molar-refractivity contribution < 1.29 is 4.79 Å². The van der Waals surface area contributed by atoms with Crippen molar-refractivity contribution in [2.45, 2.75) is 18.9 Å². The number of anilines is 1. The first-order chi connectivity index (χ1) is 8.63. The fourth-order valence-corrected chi connectivity index (χ4v) is 2.38. The molecule has 4 heteroatoms. The van der Waals surface area contributed by atoms with Crippen LogP contribution in [0.5, 0.6) is 0 Å². The van der Waals surface area contributed by atoms with Gasteiger partial charge in [-0.05, 0) is 37.1 Å². The van der Waals surface area contributed by atoms with E-state index in [-0.39, 0.29) is 5.91 Å². The van der Waals surface area contributed by atoms with Gasteiger partial charge < -0.3 is 9.80 Å². The summed E-state index contributed by atoms with van der Waals surface area (Å²) in [7, 11) is 4.00. The molecule has 1 saturated carbocycles. The second-order valence-electron chi connectivity index (χ2n) is 4.86. The highest BCUT2D eigenvalue weighted by molar-refractivity contribution is 9.09. The summed E-state index contributed by atoms with van der Waals surface area (Å²) < 4.78 is 0. The van der Waals surface area contributed by atoms with Crippen LogP contribution in [0.25, 0.3) is 0 Å². The molecule has 0 bridgehead atoms. The minimum absolute atomic E-state index is 0.155. The molecule has 1 aliphatic rings. The van der Waals surface area contributed by atoms with Crippen LogP contribution in [-0.4, -0.2) is 42.8 Å². The van der Waals surface area contributed by atoms with Crippen molar-refractivity contribution in [3.8, 4) is 0 Å². The predicted molar refractivity (Wildman–Crippen MR) is 78.6 cm³/mol. The zero-order chi connectivity index (χ0) is 13.1. The van der Waals surface area contributed by atoms with Crippen molar-refractivity contribution in [2.24, 2.45) is 0 Å². The summed E-state index contributed by atoms with van der Waals surface area (Å²) in [6, 6.07) is 8.28. The zero-order valence-electron chi connectivity index (χ0n) is 10.9. The molecule has 1 aliphatic carbocycles. The first kappa shape index (κ1) is 13.4. The van der Waals surface area contributed by atoms with Gasteiger partial charge in [0.15, 0.2) is 0 Å². The third-order valence-electron chi connectivity index (χ3n) is 3.20. The number of hydrogen-bond donors (Lipinski definition) is 0. The van der Waals surface area contributed by atoms with Crippen LogP contribution in [0.1, 0.15) is 23.2 Å². The molecule has 0 heterocycles. The summed E-state index contributed by atoms with van der Waals surface area (Å²) in [5.41, 5.74) is 1.90. The fraction of sp³-hybridized carbons (Fsp3) is 0.500. The van der Waals surface area contributed by atoms with Gasteiger partial charge in [-0.15, -0.1) is 0 Å². The van der Waals surface area contributed by atoms with Gasteiger partial charge in [-0.25, -0.2) is 0 Å². The van der Waals surface area contributed by atoms with Crippen molar-refractivity contribution in [3.63, 3.8) is 0 Å². The third kappa shape index (κ3) is 3.05. The topological polar surface area (TPSA) is 23.6 Å². The van der Waals surface area contributed by atoms with Crippen LogP contribution >= 0.6 is 15.9 Å². The Labute approximate surface area is 117 Å². The molecule has 0 unspecified atom stereocenters. The number of rotatable bonds is 5. The lowest BCUT2D eigenvalue weighted by molar-refractivity contribution is 0.0754. The van der Waals surface area contributed by atoms with Gasteiger partial charge >= 0.3 is 0 Å². The van der Waals surface area contributed by atoms with E-state index in [0.29, 0.717) is 6.04 Å². The quantitative estimate of drug-likeness (QED) is 0.781. The molecule has 3 nitrogen and oxygen atoms in total. The van der Waals surface area contributed by atoms with Gasteiger partial charge in [0.2, 0.25) is 0 Å². The van der Waals surface area contributed by atoms with E-state index < -0.39 is 0 Å².